The van der Waals surface area contributed by atoms with E-state index >= 15 is 0 Å². The molecule has 1 amide bonds. The summed E-state index contributed by atoms with van der Waals surface area (Å²) in [6, 6.07) is 0. The second-order valence-electron chi connectivity index (χ2n) is 4.34. The van der Waals surface area contributed by atoms with Crippen molar-refractivity contribution in [2.24, 2.45) is 0 Å². The fraction of sp³-hybridized carbons (Fsp3) is 0.909. The molecule has 7 heteroatoms. The maximum Gasteiger partial charge on any atom is 0.223 e. The van der Waals surface area contributed by atoms with Crippen molar-refractivity contribution in [3.05, 3.63) is 0 Å². The van der Waals surface area contributed by atoms with E-state index < -0.39 is 9.96 Å². The molecule has 1 heterocycles. The van der Waals surface area contributed by atoms with Crippen LogP contribution in [0.5, 0.6) is 0 Å². The lowest BCUT2D eigenvalue weighted by molar-refractivity contribution is -0.122. The maximum absolute atomic E-state index is 11.5. The molecule has 0 bridgehead atoms. The van der Waals surface area contributed by atoms with Gasteiger partial charge in [0, 0.05) is 19.6 Å². The van der Waals surface area contributed by atoms with Gasteiger partial charge in [0.25, 0.3) is 0 Å². The normalized spacial score (nSPS) is 21.9. The van der Waals surface area contributed by atoms with E-state index in [1.807, 2.05) is 6.92 Å². The molecule has 106 valence electrons. The number of halogens is 3. The lowest BCUT2D eigenvalue weighted by Gasteiger charge is -2.27. The van der Waals surface area contributed by atoms with Crippen LogP contribution in [0.1, 0.15) is 32.6 Å². The summed E-state index contributed by atoms with van der Waals surface area (Å²) in [7, 11) is 0. The van der Waals surface area contributed by atoms with Crippen LogP contribution in [0, 0.1) is 0 Å². The van der Waals surface area contributed by atoms with Gasteiger partial charge in [-0.15, -0.1) is 0 Å². The standard InChI is InChI=1S/C11H19Cl3N2O2/c1-2-4-9(17)16-10(11(12,13)14)15-7-8-5-3-6-18-8/h8,10,15H,2-7H2,1H3,(H,16,17)/t8-,10-/m1/s1. The number of alkyl halides is 3. The van der Waals surface area contributed by atoms with Gasteiger partial charge in [-0.25, -0.2) is 0 Å². The quantitative estimate of drug-likeness (QED) is 0.584. The molecule has 0 aromatic heterocycles. The highest BCUT2D eigenvalue weighted by molar-refractivity contribution is 6.68. The summed E-state index contributed by atoms with van der Waals surface area (Å²) in [6.07, 6.45) is 2.63. The van der Waals surface area contributed by atoms with Gasteiger partial charge in [-0.1, -0.05) is 41.7 Å². The summed E-state index contributed by atoms with van der Waals surface area (Å²) >= 11 is 17.5. The topological polar surface area (TPSA) is 50.4 Å². The van der Waals surface area contributed by atoms with Crippen LogP contribution in [-0.2, 0) is 9.53 Å². The molecule has 0 unspecified atom stereocenters. The first-order valence-corrected chi connectivity index (χ1v) is 7.28. The molecule has 0 aromatic carbocycles. The first kappa shape index (κ1) is 16.3. The molecular formula is C11H19Cl3N2O2. The van der Waals surface area contributed by atoms with Crippen LogP contribution in [0.15, 0.2) is 0 Å². The van der Waals surface area contributed by atoms with Crippen molar-refractivity contribution in [1.82, 2.24) is 10.6 Å². The van der Waals surface area contributed by atoms with Crippen molar-refractivity contribution < 1.29 is 9.53 Å². The highest BCUT2D eigenvalue weighted by atomic mass is 35.6. The van der Waals surface area contributed by atoms with Gasteiger partial charge in [-0.2, -0.15) is 0 Å². The van der Waals surface area contributed by atoms with E-state index in [-0.39, 0.29) is 12.0 Å². The third kappa shape index (κ3) is 5.93. The molecule has 1 fully saturated rings. The van der Waals surface area contributed by atoms with Crippen molar-refractivity contribution >= 4 is 40.7 Å². The third-order valence-corrected chi connectivity index (χ3v) is 3.34. The number of hydrogen-bond donors (Lipinski definition) is 2. The number of nitrogens with one attached hydrogen (secondary N) is 2. The number of carbonyl (C=O) groups is 1. The fourth-order valence-electron chi connectivity index (χ4n) is 1.76. The molecule has 0 aromatic rings. The number of rotatable bonds is 6. The molecule has 0 aliphatic carbocycles. The summed E-state index contributed by atoms with van der Waals surface area (Å²) in [5.41, 5.74) is 0. The predicted octanol–water partition coefficient (Wildman–Crippen LogP) is 2.37. The Morgan fingerprint density at radius 2 is 2.22 bits per heavy atom. The lowest BCUT2D eigenvalue weighted by atomic mass is 10.2. The van der Waals surface area contributed by atoms with Crippen LogP contribution < -0.4 is 10.6 Å². The first-order valence-electron chi connectivity index (χ1n) is 6.14. The van der Waals surface area contributed by atoms with Crippen LogP contribution in [0.4, 0.5) is 0 Å². The Kier molecular flexibility index (Phi) is 7.03. The van der Waals surface area contributed by atoms with E-state index in [0.29, 0.717) is 13.0 Å². The van der Waals surface area contributed by atoms with E-state index in [1.165, 1.54) is 0 Å². The smallest absolute Gasteiger partial charge is 0.223 e. The number of hydrogen-bond acceptors (Lipinski definition) is 3. The van der Waals surface area contributed by atoms with Gasteiger partial charge in [0.05, 0.1) is 6.10 Å². The average Bonchev–Trinajstić information content (AvgIpc) is 2.75. The van der Waals surface area contributed by atoms with Gasteiger partial charge in [0.15, 0.2) is 0 Å². The highest BCUT2D eigenvalue weighted by Gasteiger charge is 2.34. The van der Waals surface area contributed by atoms with Crippen LogP contribution in [0.3, 0.4) is 0 Å². The van der Waals surface area contributed by atoms with Gasteiger partial charge in [0.2, 0.25) is 9.70 Å². The molecular weight excluding hydrogens is 298 g/mol. The van der Waals surface area contributed by atoms with Crippen LogP contribution in [0.25, 0.3) is 0 Å². The molecule has 0 saturated carbocycles. The Labute approximate surface area is 123 Å². The number of ether oxygens (including phenoxy) is 1. The highest BCUT2D eigenvalue weighted by Crippen LogP contribution is 2.29. The van der Waals surface area contributed by atoms with Crippen molar-refractivity contribution in [2.45, 2.75) is 48.7 Å². The van der Waals surface area contributed by atoms with E-state index in [9.17, 15) is 4.79 Å². The summed E-state index contributed by atoms with van der Waals surface area (Å²) in [5.74, 6) is -0.131. The van der Waals surface area contributed by atoms with Crippen molar-refractivity contribution in [1.29, 1.82) is 0 Å². The van der Waals surface area contributed by atoms with E-state index in [4.69, 9.17) is 39.5 Å². The average molecular weight is 318 g/mol. The van der Waals surface area contributed by atoms with Crippen LogP contribution >= 0.6 is 34.8 Å². The predicted molar refractivity (Wildman–Crippen MR) is 74.1 cm³/mol. The largest absolute Gasteiger partial charge is 0.377 e. The molecule has 1 saturated heterocycles. The van der Waals surface area contributed by atoms with Crippen molar-refractivity contribution in [3.63, 3.8) is 0 Å². The molecule has 18 heavy (non-hydrogen) atoms. The third-order valence-electron chi connectivity index (χ3n) is 2.68. The van der Waals surface area contributed by atoms with Crippen molar-refractivity contribution in [3.8, 4) is 0 Å². The second-order valence-corrected chi connectivity index (χ2v) is 6.70. The molecule has 2 N–H and O–H groups in total. The summed E-state index contributed by atoms with van der Waals surface area (Å²) in [4.78, 5) is 11.5. The number of carbonyl (C=O) groups excluding carboxylic acids is 1. The maximum atomic E-state index is 11.5. The van der Waals surface area contributed by atoms with Gasteiger partial charge in [-0.05, 0) is 19.3 Å². The van der Waals surface area contributed by atoms with Gasteiger partial charge in [0.1, 0.15) is 6.17 Å². The van der Waals surface area contributed by atoms with Crippen LogP contribution in [-0.4, -0.2) is 35.1 Å². The number of amides is 1. The molecule has 1 aliphatic heterocycles. The van der Waals surface area contributed by atoms with E-state index in [1.54, 1.807) is 0 Å². The Morgan fingerprint density at radius 1 is 1.50 bits per heavy atom. The summed E-state index contributed by atoms with van der Waals surface area (Å²) < 4.78 is 3.88. The monoisotopic (exact) mass is 316 g/mol. The SMILES string of the molecule is CCCC(=O)N[C@@H](NC[C@H]1CCCO1)C(Cl)(Cl)Cl. The Morgan fingerprint density at radius 3 is 2.72 bits per heavy atom. The van der Waals surface area contributed by atoms with E-state index in [2.05, 4.69) is 10.6 Å². The molecule has 0 radical (unpaired) electrons. The molecule has 1 rings (SSSR count). The lowest BCUT2D eigenvalue weighted by Crippen LogP contribution is -2.54. The van der Waals surface area contributed by atoms with Gasteiger partial charge >= 0.3 is 0 Å². The second kappa shape index (κ2) is 7.75. The minimum atomic E-state index is -1.58. The molecule has 0 spiro atoms. The fourth-order valence-corrected chi connectivity index (χ4v) is 2.16. The zero-order valence-electron chi connectivity index (χ0n) is 10.3. The summed E-state index contributed by atoms with van der Waals surface area (Å²) in [5, 5.41) is 5.72. The van der Waals surface area contributed by atoms with Gasteiger partial charge in [-0.3, -0.25) is 10.1 Å². The molecule has 1 aliphatic rings. The zero-order chi connectivity index (χ0) is 13.6. The van der Waals surface area contributed by atoms with Crippen LogP contribution in [0.2, 0.25) is 0 Å². The van der Waals surface area contributed by atoms with Crippen molar-refractivity contribution in [2.75, 3.05) is 13.2 Å². The molecule has 2 atom stereocenters. The molecule has 4 nitrogen and oxygen atoms in total. The minimum Gasteiger partial charge on any atom is -0.377 e. The van der Waals surface area contributed by atoms with E-state index in [0.717, 1.165) is 25.9 Å². The Hall–Kier alpha value is 0.260. The van der Waals surface area contributed by atoms with Gasteiger partial charge < -0.3 is 10.1 Å². The zero-order valence-corrected chi connectivity index (χ0v) is 12.6. The Bertz CT molecular complexity index is 266. The summed E-state index contributed by atoms with van der Waals surface area (Å²) in [6.45, 7) is 3.25. The minimum absolute atomic E-state index is 0.128. The Balaban J connectivity index is 2.42. The first-order chi connectivity index (χ1) is 8.43.